The number of hydrogen-bond donors (Lipinski definition) is 0. The second kappa shape index (κ2) is 11.8. The van der Waals surface area contributed by atoms with E-state index in [4.69, 9.17) is 19.8 Å². The molecule has 5 heteroatoms. The van der Waals surface area contributed by atoms with Crippen molar-refractivity contribution in [3.8, 4) is 0 Å². The van der Waals surface area contributed by atoms with Gasteiger partial charge in [0.05, 0.1) is 11.9 Å². The standard InChI is InChI=1S/2C3H4O2.Ru/c2*1-2-3(4)5;/h2*2H,1H2,(H,4,5);/q;;+2/p-2. The van der Waals surface area contributed by atoms with E-state index < -0.39 is 11.9 Å². The molecule has 0 aromatic heterocycles. The first kappa shape index (κ1) is 16.6. The molecule has 0 amide bonds. The predicted octanol–water partition coefficient (Wildman–Crippen LogP) is -2.16. The van der Waals surface area contributed by atoms with Gasteiger partial charge in [0, 0.05) is 0 Å². The molecule has 0 radical (unpaired) electrons. The Morgan fingerprint density at radius 2 is 1.09 bits per heavy atom. The van der Waals surface area contributed by atoms with E-state index in [2.05, 4.69) is 13.2 Å². The van der Waals surface area contributed by atoms with Crippen LogP contribution in [-0.4, -0.2) is 11.9 Å². The number of hydrogen-bond acceptors (Lipinski definition) is 4. The molecule has 0 aromatic carbocycles. The Morgan fingerprint density at radius 3 is 1.09 bits per heavy atom. The summed E-state index contributed by atoms with van der Waals surface area (Å²) in [7, 11) is 0. The predicted molar refractivity (Wildman–Crippen MR) is 30.4 cm³/mol. The number of carboxylic acids is 2. The zero-order valence-corrected chi connectivity index (χ0v) is 7.29. The summed E-state index contributed by atoms with van der Waals surface area (Å²) >= 11 is 0. The molecule has 0 unspecified atom stereocenters. The average Bonchev–Trinajstić information content (AvgIpc) is 1.89. The molecule has 0 saturated heterocycles. The summed E-state index contributed by atoms with van der Waals surface area (Å²) in [6, 6.07) is 0. The number of carbonyl (C=O) groups excluding carboxylic acids is 2. The van der Waals surface area contributed by atoms with E-state index in [1.54, 1.807) is 0 Å². The summed E-state index contributed by atoms with van der Waals surface area (Å²) in [5.41, 5.74) is 0. The van der Waals surface area contributed by atoms with Crippen molar-refractivity contribution in [1.29, 1.82) is 0 Å². The molecule has 0 aliphatic heterocycles. The number of rotatable bonds is 2. The molecule has 0 aliphatic rings. The van der Waals surface area contributed by atoms with Gasteiger partial charge in [-0.05, 0) is 12.2 Å². The van der Waals surface area contributed by atoms with Gasteiger partial charge in [-0.1, -0.05) is 13.2 Å². The van der Waals surface area contributed by atoms with Gasteiger partial charge in [-0.2, -0.15) is 0 Å². The largest absolute Gasteiger partial charge is 2.00 e. The van der Waals surface area contributed by atoms with Crippen molar-refractivity contribution >= 4 is 11.9 Å². The van der Waals surface area contributed by atoms with Gasteiger partial charge in [0.25, 0.3) is 0 Å². The van der Waals surface area contributed by atoms with Gasteiger partial charge < -0.3 is 19.8 Å². The zero-order valence-electron chi connectivity index (χ0n) is 5.56. The van der Waals surface area contributed by atoms with Crippen LogP contribution in [0.4, 0.5) is 0 Å². The van der Waals surface area contributed by atoms with Crippen LogP contribution >= 0.6 is 0 Å². The van der Waals surface area contributed by atoms with Crippen LogP contribution in [-0.2, 0) is 29.1 Å². The minimum atomic E-state index is -1.23. The van der Waals surface area contributed by atoms with Crippen molar-refractivity contribution in [2.75, 3.05) is 0 Å². The van der Waals surface area contributed by atoms with Crippen molar-refractivity contribution in [2.24, 2.45) is 0 Å². The topological polar surface area (TPSA) is 80.3 Å². The molecule has 0 fully saturated rings. The van der Waals surface area contributed by atoms with Gasteiger partial charge in [0.15, 0.2) is 0 Å². The second-order valence-corrected chi connectivity index (χ2v) is 1.05. The first-order valence-electron chi connectivity index (χ1n) is 2.21. The molecule has 0 saturated carbocycles. The Labute approximate surface area is 77.0 Å². The number of aliphatic carboxylic acids is 2. The van der Waals surface area contributed by atoms with Gasteiger partial charge in [0.2, 0.25) is 0 Å². The van der Waals surface area contributed by atoms with E-state index >= 15 is 0 Å². The van der Waals surface area contributed by atoms with Crippen LogP contribution in [0.2, 0.25) is 0 Å². The zero-order chi connectivity index (χ0) is 8.57. The van der Waals surface area contributed by atoms with Crippen LogP contribution in [0.1, 0.15) is 0 Å². The van der Waals surface area contributed by atoms with Crippen molar-refractivity contribution in [1.82, 2.24) is 0 Å². The van der Waals surface area contributed by atoms with E-state index in [0.717, 1.165) is 12.2 Å². The van der Waals surface area contributed by atoms with Crippen molar-refractivity contribution in [3.05, 3.63) is 25.3 Å². The maximum atomic E-state index is 9.14. The fraction of sp³-hybridized carbons (Fsp3) is 0. The smallest absolute Gasteiger partial charge is 0.545 e. The van der Waals surface area contributed by atoms with Gasteiger partial charge in [-0.25, -0.2) is 0 Å². The van der Waals surface area contributed by atoms with Crippen LogP contribution in [0, 0.1) is 0 Å². The van der Waals surface area contributed by atoms with Crippen LogP contribution < -0.4 is 10.2 Å². The molecule has 0 heterocycles. The molecule has 62 valence electrons. The molecule has 11 heavy (non-hydrogen) atoms. The van der Waals surface area contributed by atoms with Gasteiger partial charge >= 0.3 is 19.5 Å². The molecular weight excluding hydrogens is 237 g/mol. The third-order valence-electron chi connectivity index (χ3n) is 0.333. The summed E-state index contributed by atoms with van der Waals surface area (Å²) in [5, 5.41) is 18.3. The summed E-state index contributed by atoms with van der Waals surface area (Å²) in [4.78, 5) is 18.3. The van der Waals surface area contributed by atoms with Crippen molar-refractivity contribution < 1.29 is 39.3 Å². The second-order valence-electron chi connectivity index (χ2n) is 1.05. The van der Waals surface area contributed by atoms with E-state index in [-0.39, 0.29) is 19.5 Å². The Balaban J connectivity index is -0.000000107. The SMILES string of the molecule is C=CC(=O)[O-].C=CC(=O)[O-].[Ru+2]. The molecule has 0 N–H and O–H groups in total. The van der Waals surface area contributed by atoms with Crippen LogP contribution in [0.25, 0.3) is 0 Å². The van der Waals surface area contributed by atoms with Crippen molar-refractivity contribution in [2.45, 2.75) is 0 Å². The third kappa shape index (κ3) is 48.4. The molecule has 0 aromatic rings. The first-order valence-corrected chi connectivity index (χ1v) is 2.21. The normalized spacial score (nSPS) is 5.82. The van der Waals surface area contributed by atoms with Crippen LogP contribution in [0.3, 0.4) is 0 Å². The van der Waals surface area contributed by atoms with Crippen LogP contribution in [0.5, 0.6) is 0 Å². The van der Waals surface area contributed by atoms with Gasteiger partial charge in [-0.3, -0.25) is 0 Å². The summed E-state index contributed by atoms with van der Waals surface area (Å²) in [5.74, 6) is -2.46. The van der Waals surface area contributed by atoms with Gasteiger partial charge in [-0.15, -0.1) is 0 Å². The van der Waals surface area contributed by atoms with Crippen LogP contribution in [0.15, 0.2) is 25.3 Å². The molecule has 0 aliphatic carbocycles. The maximum absolute atomic E-state index is 9.14. The quantitative estimate of drug-likeness (QED) is 0.409. The molecular formula is C6H6O4Ru. The Kier molecular flexibility index (Phi) is 17.8. The minimum absolute atomic E-state index is 0. The number of carbonyl (C=O) groups is 2. The van der Waals surface area contributed by atoms with Crippen molar-refractivity contribution in [3.63, 3.8) is 0 Å². The monoisotopic (exact) mass is 244 g/mol. The Hall–Kier alpha value is -0.957. The van der Waals surface area contributed by atoms with E-state index in [9.17, 15) is 0 Å². The molecule has 0 rings (SSSR count). The molecule has 0 bridgehead atoms. The van der Waals surface area contributed by atoms with E-state index in [1.807, 2.05) is 0 Å². The fourth-order valence-corrected chi connectivity index (χ4v) is 0. The minimum Gasteiger partial charge on any atom is -0.545 e. The fourth-order valence-electron chi connectivity index (χ4n) is 0. The third-order valence-corrected chi connectivity index (χ3v) is 0.333. The maximum Gasteiger partial charge on any atom is 2.00 e. The van der Waals surface area contributed by atoms with E-state index in [1.165, 1.54) is 0 Å². The Morgan fingerprint density at radius 1 is 1.00 bits per heavy atom. The number of carboxylic acid groups (broad SMARTS) is 2. The van der Waals surface area contributed by atoms with E-state index in [0.29, 0.717) is 0 Å². The molecule has 0 atom stereocenters. The Bertz CT molecular complexity index is 135. The first-order chi connectivity index (χ1) is 4.54. The summed E-state index contributed by atoms with van der Waals surface area (Å²) < 4.78 is 0. The average molecular weight is 243 g/mol. The molecule has 4 nitrogen and oxygen atoms in total. The summed E-state index contributed by atoms with van der Waals surface area (Å²) in [6.07, 6.45) is 1.44. The summed E-state index contributed by atoms with van der Waals surface area (Å²) in [6.45, 7) is 5.80. The molecule has 0 spiro atoms. The van der Waals surface area contributed by atoms with Gasteiger partial charge in [0.1, 0.15) is 0 Å².